The lowest BCUT2D eigenvalue weighted by Crippen LogP contribution is -2.37. The fourth-order valence-electron chi connectivity index (χ4n) is 2.65. The Balaban J connectivity index is 0.00000110. The summed E-state index contributed by atoms with van der Waals surface area (Å²) >= 11 is 0. The molecule has 0 amide bonds. The van der Waals surface area contributed by atoms with Crippen molar-refractivity contribution in [2.45, 2.75) is 18.9 Å². The number of nitrogens with one attached hydrogen (secondary N) is 2. The molecule has 2 aliphatic rings. The minimum Gasteiger partial charge on any atom is -0.381 e. The van der Waals surface area contributed by atoms with Gasteiger partial charge in [0, 0.05) is 19.1 Å². The van der Waals surface area contributed by atoms with Crippen LogP contribution in [0.2, 0.25) is 0 Å². The first-order chi connectivity index (χ1) is 9.42. The zero-order chi connectivity index (χ0) is 12.9. The van der Waals surface area contributed by atoms with Crippen LogP contribution in [0.5, 0.6) is 0 Å². The molecule has 7 heteroatoms. The molecule has 1 aromatic rings. The van der Waals surface area contributed by atoms with Crippen molar-refractivity contribution in [2.75, 3.05) is 49.6 Å². The summed E-state index contributed by atoms with van der Waals surface area (Å²) in [6.45, 7) is 5.70. The molecule has 0 saturated carbocycles. The second-order valence-electron chi connectivity index (χ2n) is 5.17. The fourth-order valence-corrected chi connectivity index (χ4v) is 2.65. The molecule has 0 aliphatic carbocycles. The van der Waals surface area contributed by atoms with Crippen molar-refractivity contribution >= 4 is 36.3 Å². The van der Waals surface area contributed by atoms with Crippen LogP contribution in [0.4, 0.5) is 11.5 Å². The van der Waals surface area contributed by atoms with Crippen LogP contribution in [0.1, 0.15) is 12.8 Å². The number of piperidine rings is 1. The molecule has 3 heterocycles. The Labute approximate surface area is 138 Å². The highest BCUT2D eigenvalue weighted by Crippen LogP contribution is 2.17. The molecule has 2 saturated heterocycles. The zero-order valence-corrected chi connectivity index (χ0v) is 13.7. The Bertz CT molecular complexity index is 392. The number of ether oxygens (including phenoxy) is 1. The van der Waals surface area contributed by atoms with Crippen LogP contribution in [0.3, 0.4) is 0 Å². The van der Waals surface area contributed by atoms with Gasteiger partial charge in [0.2, 0.25) is 0 Å². The lowest BCUT2D eigenvalue weighted by atomic mass is 10.1. The molecule has 0 spiro atoms. The number of hydrogen-bond acceptors (Lipinski definition) is 5. The summed E-state index contributed by atoms with van der Waals surface area (Å²) in [5.74, 6) is 1.05. The average molecular weight is 335 g/mol. The number of morpholine rings is 1. The van der Waals surface area contributed by atoms with Gasteiger partial charge < -0.3 is 20.3 Å². The third-order valence-electron chi connectivity index (χ3n) is 3.79. The van der Waals surface area contributed by atoms with E-state index in [0.717, 1.165) is 50.9 Å². The molecule has 0 aromatic carbocycles. The van der Waals surface area contributed by atoms with Gasteiger partial charge in [0.05, 0.1) is 25.1 Å². The Kier molecular flexibility index (Phi) is 8.11. The summed E-state index contributed by atoms with van der Waals surface area (Å²) in [7, 11) is 0. The van der Waals surface area contributed by atoms with E-state index in [1.54, 1.807) is 0 Å². The maximum atomic E-state index is 5.36. The monoisotopic (exact) mass is 334 g/mol. The maximum absolute atomic E-state index is 5.36. The molecule has 2 fully saturated rings. The number of rotatable bonds is 3. The normalized spacial score (nSPS) is 19.3. The lowest BCUT2D eigenvalue weighted by molar-refractivity contribution is 0.122. The highest BCUT2D eigenvalue weighted by molar-refractivity contribution is 5.85. The summed E-state index contributed by atoms with van der Waals surface area (Å²) in [5.41, 5.74) is 1.13. The lowest BCUT2D eigenvalue weighted by Gasteiger charge is -2.28. The van der Waals surface area contributed by atoms with E-state index in [0.29, 0.717) is 6.04 Å². The van der Waals surface area contributed by atoms with Crippen LogP contribution < -0.4 is 15.5 Å². The van der Waals surface area contributed by atoms with Crippen molar-refractivity contribution in [3.63, 3.8) is 0 Å². The second kappa shape index (κ2) is 9.30. The van der Waals surface area contributed by atoms with Gasteiger partial charge in [0.15, 0.2) is 0 Å². The summed E-state index contributed by atoms with van der Waals surface area (Å²) in [6.07, 6.45) is 4.32. The highest BCUT2D eigenvalue weighted by Gasteiger charge is 2.14. The Hall–Kier alpha value is -0.750. The first kappa shape index (κ1) is 18.3. The average Bonchev–Trinajstić information content (AvgIpc) is 2.50. The molecule has 5 nitrogen and oxygen atoms in total. The van der Waals surface area contributed by atoms with E-state index >= 15 is 0 Å². The van der Waals surface area contributed by atoms with Gasteiger partial charge in [-0.25, -0.2) is 4.98 Å². The Morgan fingerprint density at radius 3 is 2.48 bits per heavy atom. The topological polar surface area (TPSA) is 49.4 Å². The number of hydrogen-bond donors (Lipinski definition) is 2. The van der Waals surface area contributed by atoms with Gasteiger partial charge in [-0.05, 0) is 38.1 Å². The molecular weight excluding hydrogens is 311 g/mol. The SMILES string of the molecule is Cl.Cl.c1cc(N2CCOCC2)ncc1NC1CCNCC1. The third kappa shape index (κ3) is 5.18. The molecular formula is C14H24Cl2N4O. The molecule has 120 valence electrons. The van der Waals surface area contributed by atoms with Crippen LogP contribution >= 0.6 is 24.8 Å². The summed E-state index contributed by atoms with van der Waals surface area (Å²) in [4.78, 5) is 6.84. The molecule has 21 heavy (non-hydrogen) atoms. The minimum atomic E-state index is 0. The van der Waals surface area contributed by atoms with Gasteiger partial charge in [-0.3, -0.25) is 0 Å². The number of anilines is 2. The van der Waals surface area contributed by atoms with Crippen LogP contribution in [-0.4, -0.2) is 50.4 Å². The van der Waals surface area contributed by atoms with E-state index in [1.807, 2.05) is 6.20 Å². The standard InChI is InChI=1S/C14H22N4O.2ClH/c1-2-14(18-7-9-19-10-8-18)16-11-13(1)17-12-3-5-15-6-4-12;;/h1-2,11-12,15,17H,3-10H2;2*1H. The maximum Gasteiger partial charge on any atom is 0.128 e. The van der Waals surface area contributed by atoms with Crippen molar-refractivity contribution in [3.8, 4) is 0 Å². The van der Waals surface area contributed by atoms with E-state index in [9.17, 15) is 0 Å². The van der Waals surface area contributed by atoms with E-state index in [1.165, 1.54) is 12.8 Å². The van der Waals surface area contributed by atoms with Crippen molar-refractivity contribution in [1.29, 1.82) is 0 Å². The van der Waals surface area contributed by atoms with E-state index in [-0.39, 0.29) is 24.8 Å². The molecule has 0 atom stereocenters. The van der Waals surface area contributed by atoms with Crippen molar-refractivity contribution in [3.05, 3.63) is 18.3 Å². The molecule has 0 unspecified atom stereocenters. The third-order valence-corrected chi connectivity index (χ3v) is 3.79. The quantitative estimate of drug-likeness (QED) is 0.884. The van der Waals surface area contributed by atoms with Crippen LogP contribution in [0, 0.1) is 0 Å². The molecule has 2 aliphatic heterocycles. The van der Waals surface area contributed by atoms with Gasteiger partial charge in [0.1, 0.15) is 5.82 Å². The molecule has 3 rings (SSSR count). The molecule has 2 N–H and O–H groups in total. The van der Waals surface area contributed by atoms with Crippen LogP contribution in [-0.2, 0) is 4.74 Å². The number of pyridine rings is 1. The number of nitrogens with zero attached hydrogens (tertiary/aromatic N) is 2. The van der Waals surface area contributed by atoms with Crippen LogP contribution in [0.25, 0.3) is 0 Å². The van der Waals surface area contributed by atoms with Crippen molar-refractivity contribution < 1.29 is 4.74 Å². The largest absolute Gasteiger partial charge is 0.381 e. The molecule has 0 bridgehead atoms. The number of halogens is 2. The van der Waals surface area contributed by atoms with Gasteiger partial charge in [0.25, 0.3) is 0 Å². The van der Waals surface area contributed by atoms with Crippen molar-refractivity contribution in [1.82, 2.24) is 10.3 Å². The Morgan fingerprint density at radius 2 is 1.86 bits per heavy atom. The van der Waals surface area contributed by atoms with E-state index < -0.39 is 0 Å². The van der Waals surface area contributed by atoms with Crippen molar-refractivity contribution in [2.24, 2.45) is 0 Å². The summed E-state index contributed by atoms with van der Waals surface area (Å²) < 4.78 is 5.36. The summed E-state index contributed by atoms with van der Waals surface area (Å²) in [6, 6.07) is 4.83. The first-order valence-electron chi connectivity index (χ1n) is 7.18. The predicted octanol–water partition coefficient (Wildman–Crippen LogP) is 1.93. The van der Waals surface area contributed by atoms with Gasteiger partial charge in [-0.15, -0.1) is 24.8 Å². The van der Waals surface area contributed by atoms with Gasteiger partial charge >= 0.3 is 0 Å². The summed E-state index contributed by atoms with van der Waals surface area (Å²) in [5, 5.41) is 6.94. The molecule has 1 aromatic heterocycles. The first-order valence-corrected chi connectivity index (χ1v) is 7.18. The smallest absolute Gasteiger partial charge is 0.128 e. The zero-order valence-electron chi connectivity index (χ0n) is 12.1. The highest BCUT2D eigenvalue weighted by atomic mass is 35.5. The van der Waals surface area contributed by atoms with E-state index in [2.05, 4.69) is 32.7 Å². The van der Waals surface area contributed by atoms with Crippen LogP contribution in [0.15, 0.2) is 18.3 Å². The molecule has 0 radical (unpaired) electrons. The second-order valence-corrected chi connectivity index (χ2v) is 5.17. The Morgan fingerprint density at radius 1 is 1.14 bits per heavy atom. The predicted molar refractivity (Wildman–Crippen MR) is 91.3 cm³/mol. The number of aromatic nitrogens is 1. The van der Waals surface area contributed by atoms with Gasteiger partial charge in [-0.2, -0.15) is 0 Å². The fraction of sp³-hybridized carbons (Fsp3) is 0.643. The van der Waals surface area contributed by atoms with E-state index in [4.69, 9.17) is 4.74 Å². The van der Waals surface area contributed by atoms with Gasteiger partial charge in [-0.1, -0.05) is 0 Å². The minimum absolute atomic E-state index is 0.